The first-order valence-electron chi connectivity index (χ1n) is 6.67. The highest BCUT2D eigenvalue weighted by Gasteiger charge is 2.28. The van der Waals surface area contributed by atoms with Crippen LogP contribution in [0.5, 0.6) is 0 Å². The van der Waals surface area contributed by atoms with E-state index in [-0.39, 0.29) is 29.9 Å². The van der Waals surface area contributed by atoms with Crippen LogP contribution in [0.4, 0.5) is 4.79 Å². The number of aliphatic carboxylic acids is 1. The molecule has 7 nitrogen and oxygen atoms in total. The second-order valence-electron chi connectivity index (χ2n) is 5.64. The Kier molecular flexibility index (Phi) is 5.79. The third-order valence-electron chi connectivity index (χ3n) is 3.19. The molecule has 2 amide bonds. The molecule has 0 aromatic heterocycles. The average Bonchev–Trinajstić information content (AvgIpc) is 2.65. The van der Waals surface area contributed by atoms with E-state index < -0.39 is 27.9 Å². The van der Waals surface area contributed by atoms with Crippen LogP contribution in [0.25, 0.3) is 0 Å². The summed E-state index contributed by atoms with van der Waals surface area (Å²) in [5.74, 6) is -0.763. The number of carboxylic acids is 1. The number of hydrogen-bond acceptors (Lipinski definition) is 4. The van der Waals surface area contributed by atoms with Gasteiger partial charge >= 0.3 is 12.0 Å². The van der Waals surface area contributed by atoms with Gasteiger partial charge in [0, 0.05) is 6.54 Å². The average molecular weight is 306 g/mol. The van der Waals surface area contributed by atoms with Gasteiger partial charge in [-0.3, -0.25) is 0 Å². The van der Waals surface area contributed by atoms with Gasteiger partial charge in [-0.25, -0.2) is 18.0 Å². The second-order valence-corrected chi connectivity index (χ2v) is 7.87. The highest BCUT2D eigenvalue weighted by atomic mass is 32.2. The van der Waals surface area contributed by atoms with Gasteiger partial charge in [0.1, 0.15) is 6.04 Å². The molecule has 1 heterocycles. The summed E-state index contributed by atoms with van der Waals surface area (Å²) in [6.07, 6.45) is 0.886. The molecule has 0 saturated carbocycles. The van der Waals surface area contributed by atoms with Crippen molar-refractivity contribution in [3.63, 3.8) is 0 Å². The Morgan fingerprint density at radius 3 is 2.45 bits per heavy atom. The Morgan fingerprint density at radius 2 is 2.00 bits per heavy atom. The molecule has 0 aromatic rings. The maximum atomic E-state index is 11.6. The number of sulfone groups is 1. The van der Waals surface area contributed by atoms with Crippen LogP contribution >= 0.6 is 0 Å². The minimum Gasteiger partial charge on any atom is -0.480 e. The zero-order chi connectivity index (χ0) is 15.3. The van der Waals surface area contributed by atoms with E-state index in [1.807, 2.05) is 13.8 Å². The van der Waals surface area contributed by atoms with E-state index in [0.29, 0.717) is 12.8 Å². The molecule has 20 heavy (non-hydrogen) atoms. The monoisotopic (exact) mass is 306 g/mol. The van der Waals surface area contributed by atoms with Crippen LogP contribution in [0.2, 0.25) is 0 Å². The van der Waals surface area contributed by atoms with Crippen molar-refractivity contribution in [2.75, 3.05) is 18.1 Å². The first kappa shape index (κ1) is 16.7. The normalized spacial score (nSPS) is 22.4. The van der Waals surface area contributed by atoms with Gasteiger partial charge in [-0.05, 0) is 24.7 Å². The number of carboxylic acid groups (broad SMARTS) is 1. The fraction of sp³-hybridized carbons (Fsp3) is 0.833. The maximum absolute atomic E-state index is 11.6. The van der Waals surface area contributed by atoms with E-state index >= 15 is 0 Å². The van der Waals surface area contributed by atoms with Crippen LogP contribution in [0.3, 0.4) is 0 Å². The molecule has 116 valence electrons. The Bertz CT molecular complexity index is 460. The molecule has 0 spiro atoms. The van der Waals surface area contributed by atoms with Crippen molar-refractivity contribution in [3.05, 3.63) is 0 Å². The van der Waals surface area contributed by atoms with Gasteiger partial charge in [-0.2, -0.15) is 0 Å². The molecule has 0 aromatic carbocycles. The van der Waals surface area contributed by atoms with Gasteiger partial charge in [0.05, 0.1) is 11.5 Å². The molecule has 1 aliphatic rings. The van der Waals surface area contributed by atoms with Gasteiger partial charge in [0.2, 0.25) is 0 Å². The van der Waals surface area contributed by atoms with Crippen LogP contribution in [0.1, 0.15) is 26.7 Å². The Labute approximate surface area is 119 Å². The summed E-state index contributed by atoms with van der Waals surface area (Å²) >= 11 is 0. The van der Waals surface area contributed by atoms with E-state index in [0.717, 1.165) is 0 Å². The zero-order valence-corrected chi connectivity index (χ0v) is 12.6. The van der Waals surface area contributed by atoms with Crippen molar-refractivity contribution in [1.29, 1.82) is 0 Å². The van der Waals surface area contributed by atoms with E-state index in [9.17, 15) is 18.0 Å². The lowest BCUT2D eigenvalue weighted by molar-refractivity contribution is -0.139. The van der Waals surface area contributed by atoms with Crippen molar-refractivity contribution in [2.45, 2.75) is 32.7 Å². The van der Waals surface area contributed by atoms with E-state index in [1.165, 1.54) is 0 Å². The maximum Gasteiger partial charge on any atom is 0.326 e. The number of nitrogens with one attached hydrogen (secondary N) is 2. The Morgan fingerprint density at radius 1 is 1.35 bits per heavy atom. The molecule has 2 unspecified atom stereocenters. The number of rotatable bonds is 6. The minimum absolute atomic E-state index is 0.0841. The topological polar surface area (TPSA) is 113 Å². The minimum atomic E-state index is -2.96. The molecule has 2 atom stereocenters. The molecular formula is C12H22N2O5S. The first-order valence-corrected chi connectivity index (χ1v) is 8.49. The lowest BCUT2D eigenvalue weighted by Gasteiger charge is -2.17. The van der Waals surface area contributed by atoms with Crippen molar-refractivity contribution in [2.24, 2.45) is 11.8 Å². The summed E-state index contributed by atoms with van der Waals surface area (Å²) in [6.45, 7) is 4.00. The molecule has 0 bridgehead atoms. The Balaban J connectivity index is 2.37. The molecular weight excluding hydrogens is 284 g/mol. The molecule has 0 radical (unpaired) electrons. The zero-order valence-electron chi connectivity index (χ0n) is 11.8. The number of hydrogen-bond donors (Lipinski definition) is 3. The van der Waals surface area contributed by atoms with E-state index in [2.05, 4.69) is 10.6 Å². The van der Waals surface area contributed by atoms with Gasteiger partial charge in [0.25, 0.3) is 0 Å². The highest BCUT2D eigenvalue weighted by Crippen LogP contribution is 2.17. The number of carbonyl (C=O) groups excluding carboxylic acids is 1. The summed E-state index contributed by atoms with van der Waals surface area (Å²) in [7, 11) is -2.96. The number of urea groups is 1. The predicted molar refractivity (Wildman–Crippen MR) is 74.2 cm³/mol. The SMILES string of the molecule is CC(C)CC(NC(=O)NCC1CCS(=O)(=O)C1)C(=O)O. The lowest BCUT2D eigenvalue weighted by atomic mass is 10.0. The van der Waals surface area contributed by atoms with Crippen LogP contribution in [0.15, 0.2) is 0 Å². The van der Waals surface area contributed by atoms with Gasteiger partial charge in [0.15, 0.2) is 9.84 Å². The number of carbonyl (C=O) groups is 2. The van der Waals surface area contributed by atoms with Crippen molar-refractivity contribution < 1.29 is 23.1 Å². The molecule has 8 heteroatoms. The largest absolute Gasteiger partial charge is 0.480 e. The smallest absolute Gasteiger partial charge is 0.326 e. The van der Waals surface area contributed by atoms with Crippen molar-refractivity contribution in [1.82, 2.24) is 10.6 Å². The molecule has 1 saturated heterocycles. The Hall–Kier alpha value is -1.31. The summed E-state index contributed by atoms with van der Waals surface area (Å²) in [4.78, 5) is 22.6. The van der Waals surface area contributed by atoms with Gasteiger partial charge in [-0.1, -0.05) is 13.8 Å². The van der Waals surface area contributed by atoms with Gasteiger partial charge < -0.3 is 15.7 Å². The standard InChI is InChI=1S/C12H22N2O5S/c1-8(2)5-10(11(15)16)14-12(17)13-6-9-3-4-20(18,19)7-9/h8-10H,3-7H2,1-2H3,(H,15,16)(H2,13,14,17). The van der Waals surface area contributed by atoms with Crippen LogP contribution < -0.4 is 10.6 Å². The van der Waals surface area contributed by atoms with Crippen LogP contribution in [0, 0.1) is 11.8 Å². The van der Waals surface area contributed by atoms with Crippen LogP contribution in [-0.4, -0.2) is 49.6 Å². The third-order valence-corrected chi connectivity index (χ3v) is 5.03. The predicted octanol–water partition coefficient (Wildman–Crippen LogP) is 0.220. The fourth-order valence-corrected chi connectivity index (χ4v) is 4.03. The van der Waals surface area contributed by atoms with Crippen LogP contribution in [-0.2, 0) is 14.6 Å². The second kappa shape index (κ2) is 6.92. The van der Waals surface area contributed by atoms with Crippen molar-refractivity contribution >= 4 is 21.8 Å². The fourth-order valence-electron chi connectivity index (χ4n) is 2.17. The summed E-state index contributed by atoms with van der Waals surface area (Å²) in [6, 6.07) is -1.50. The quantitative estimate of drug-likeness (QED) is 0.650. The van der Waals surface area contributed by atoms with E-state index in [1.54, 1.807) is 0 Å². The summed E-state index contributed by atoms with van der Waals surface area (Å²) < 4.78 is 22.5. The summed E-state index contributed by atoms with van der Waals surface area (Å²) in [5, 5.41) is 13.9. The molecule has 3 N–H and O–H groups in total. The number of amides is 2. The highest BCUT2D eigenvalue weighted by molar-refractivity contribution is 7.91. The molecule has 1 rings (SSSR count). The van der Waals surface area contributed by atoms with Crippen molar-refractivity contribution in [3.8, 4) is 0 Å². The molecule has 1 aliphatic heterocycles. The molecule has 1 fully saturated rings. The summed E-state index contributed by atoms with van der Waals surface area (Å²) in [5.41, 5.74) is 0. The lowest BCUT2D eigenvalue weighted by Crippen LogP contribution is -2.47. The van der Waals surface area contributed by atoms with E-state index in [4.69, 9.17) is 5.11 Å². The third kappa shape index (κ3) is 5.77. The first-order chi connectivity index (χ1) is 9.19. The van der Waals surface area contributed by atoms with Gasteiger partial charge in [-0.15, -0.1) is 0 Å². The molecule has 0 aliphatic carbocycles.